The fourth-order valence-corrected chi connectivity index (χ4v) is 2.68. The van der Waals surface area contributed by atoms with E-state index in [1.165, 1.54) is 0 Å². The summed E-state index contributed by atoms with van der Waals surface area (Å²) in [6.45, 7) is 2.37. The molecule has 0 aliphatic heterocycles. The highest BCUT2D eigenvalue weighted by atomic mass is 32.2. The molecule has 0 aromatic carbocycles. The number of carbonyl (C=O) groups is 1. The van der Waals surface area contributed by atoms with Gasteiger partial charge in [0.05, 0.1) is 5.69 Å². The van der Waals surface area contributed by atoms with Gasteiger partial charge in [-0.15, -0.1) is 0 Å². The van der Waals surface area contributed by atoms with Gasteiger partial charge in [0.1, 0.15) is 4.90 Å². The number of rotatable bonds is 5. The number of primary sulfonamides is 1. The maximum atomic E-state index is 11.8. The molecule has 1 saturated carbocycles. The first-order valence-corrected chi connectivity index (χ1v) is 7.39. The summed E-state index contributed by atoms with van der Waals surface area (Å²) in [4.78, 5) is 11.7. The van der Waals surface area contributed by atoms with E-state index in [0.29, 0.717) is 12.2 Å². The van der Waals surface area contributed by atoms with Crippen LogP contribution in [0.1, 0.15) is 48.3 Å². The third-order valence-corrected chi connectivity index (χ3v) is 3.75. The lowest BCUT2D eigenvalue weighted by molar-refractivity contribution is 0.0945. The van der Waals surface area contributed by atoms with E-state index in [1.54, 1.807) is 0 Å². The molecule has 7 nitrogen and oxygen atoms in total. The summed E-state index contributed by atoms with van der Waals surface area (Å²) in [7, 11) is -3.95. The van der Waals surface area contributed by atoms with Gasteiger partial charge in [-0.05, 0) is 19.3 Å². The van der Waals surface area contributed by atoms with Crippen LogP contribution in [-0.2, 0) is 10.0 Å². The van der Waals surface area contributed by atoms with Crippen LogP contribution < -0.4 is 10.5 Å². The van der Waals surface area contributed by atoms with Gasteiger partial charge in [0.2, 0.25) is 10.0 Å². The van der Waals surface area contributed by atoms with Crippen LogP contribution in [0.2, 0.25) is 0 Å². The van der Waals surface area contributed by atoms with Gasteiger partial charge in [0.25, 0.3) is 5.91 Å². The Morgan fingerprint density at radius 2 is 2.22 bits per heavy atom. The molecule has 0 unspecified atom stereocenters. The van der Waals surface area contributed by atoms with Gasteiger partial charge in [0.15, 0.2) is 5.69 Å². The predicted octanol–water partition coefficient (Wildman–Crippen LogP) is 0.0743. The third kappa shape index (κ3) is 2.54. The van der Waals surface area contributed by atoms with E-state index in [0.717, 1.165) is 19.3 Å². The van der Waals surface area contributed by atoms with Gasteiger partial charge in [-0.25, -0.2) is 13.6 Å². The number of aromatic nitrogens is 2. The third-order valence-electron chi connectivity index (χ3n) is 2.77. The number of H-pyrrole nitrogens is 1. The first-order valence-electron chi connectivity index (χ1n) is 5.84. The Kier molecular flexibility index (Phi) is 3.40. The first kappa shape index (κ1) is 13.0. The van der Waals surface area contributed by atoms with Crippen molar-refractivity contribution in [2.24, 2.45) is 5.14 Å². The molecule has 100 valence electrons. The van der Waals surface area contributed by atoms with Gasteiger partial charge in [-0.2, -0.15) is 5.10 Å². The van der Waals surface area contributed by atoms with E-state index in [9.17, 15) is 13.2 Å². The van der Waals surface area contributed by atoms with Crippen molar-refractivity contribution >= 4 is 15.9 Å². The second kappa shape index (κ2) is 4.69. The molecule has 1 aliphatic rings. The number of nitrogens with one attached hydrogen (secondary N) is 2. The van der Waals surface area contributed by atoms with Crippen LogP contribution in [0.25, 0.3) is 0 Å². The molecular formula is C10H16N4O3S. The lowest BCUT2D eigenvalue weighted by Crippen LogP contribution is -2.27. The average Bonchev–Trinajstić information content (AvgIpc) is 3.03. The minimum atomic E-state index is -3.95. The number of nitrogens with zero attached hydrogens (tertiary/aromatic N) is 1. The van der Waals surface area contributed by atoms with Crippen LogP contribution in [0.5, 0.6) is 0 Å². The van der Waals surface area contributed by atoms with Crippen molar-refractivity contribution < 1.29 is 13.2 Å². The number of aromatic amines is 1. The van der Waals surface area contributed by atoms with Crippen LogP contribution in [0.4, 0.5) is 0 Å². The normalized spacial score (nSPS) is 15.7. The van der Waals surface area contributed by atoms with Gasteiger partial charge in [-0.1, -0.05) is 6.92 Å². The molecule has 18 heavy (non-hydrogen) atoms. The summed E-state index contributed by atoms with van der Waals surface area (Å²) in [5, 5.41) is 14.2. The van der Waals surface area contributed by atoms with Crippen molar-refractivity contribution in [3.63, 3.8) is 0 Å². The number of carbonyl (C=O) groups excluding carboxylic acids is 1. The minimum absolute atomic E-state index is 0.124. The lowest BCUT2D eigenvalue weighted by Gasteiger charge is -2.03. The zero-order chi connectivity index (χ0) is 13.3. The maximum absolute atomic E-state index is 11.8. The number of nitrogens with two attached hydrogens (primary N) is 1. The number of amides is 1. The molecule has 0 spiro atoms. The maximum Gasteiger partial charge on any atom is 0.273 e. The van der Waals surface area contributed by atoms with Crippen molar-refractivity contribution in [3.8, 4) is 0 Å². The monoisotopic (exact) mass is 272 g/mol. The van der Waals surface area contributed by atoms with Crippen molar-refractivity contribution in [1.82, 2.24) is 15.5 Å². The molecule has 1 amide bonds. The number of sulfonamides is 1. The van der Waals surface area contributed by atoms with Crippen LogP contribution in [0, 0.1) is 0 Å². The molecule has 1 fully saturated rings. The molecule has 0 atom stereocenters. The molecule has 1 aliphatic carbocycles. The first-order chi connectivity index (χ1) is 8.45. The van der Waals surface area contributed by atoms with Crippen molar-refractivity contribution in [2.75, 3.05) is 6.54 Å². The molecular weight excluding hydrogens is 256 g/mol. The second-order valence-corrected chi connectivity index (χ2v) is 5.89. The van der Waals surface area contributed by atoms with E-state index in [-0.39, 0.29) is 16.5 Å². The lowest BCUT2D eigenvalue weighted by atomic mass is 10.2. The fraction of sp³-hybridized carbons (Fsp3) is 0.600. The highest BCUT2D eigenvalue weighted by molar-refractivity contribution is 7.89. The zero-order valence-corrected chi connectivity index (χ0v) is 10.9. The van der Waals surface area contributed by atoms with Crippen molar-refractivity contribution in [1.29, 1.82) is 0 Å². The average molecular weight is 272 g/mol. The Hall–Kier alpha value is -1.41. The largest absolute Gasteiger partial charge is 0.351 e. The second-order valence-electron chi connectivity index (χ2n) is 4.39. The molecule has 0 bridgehead atoms. The summed E-state index contributed by atoms with van der Waals surface area (Å²) in [6, 6.07) is 0. The van der Waals surface area contributed by atoms with Gasteiger partial charge >= 0.3 is 0 Å². The summed E-state index contributed by atoms with van der Waals surface area (Å²) in [5.41, 5.74) is 0.326. The van der Waals surface area contributed by atoms with Crippen LogP contribution in [0.15, 0.2) is 4.90 Å². The smallest absolute Gasteiger partial charge is 0.273 e. The summed E-state index contributed by atoms with van der Waals surface area (Å²) in [5.74, 6) is -0.387. The molecule has 2 rings (SSSR count). The van der Waals surface area contributed by atoms with Crippen LogP contribution in [-0.4, -0.2) is 31.1 Å². The SMILES string of the molecule is CCCNC(=O)c1n[nH]c(C2CC2)c1S(N)(=O)=O. The van der Waals surface area contributed by atoms with E-state index in [1.807, 2.05) is 6.92 Å². The van der Waals surface area contributed by atoms with Crippen molar-refractivity contribution in [3.05, 3.63) is 11.4 Å². The van der Waals surface area contributed by atoms with E-state index < -0.39 is 15.9 Å². The number of hydrogen-bond donors (Lipinski definition) is 3. The van der Waals surface area contributed by atoms with Crippen molar-refractivity contribution in [2.45, 2.75) is 37.0 Å². The molecule has 0 radical (unpaired) electrons. The molecule has 1 heterocycles. The molecule has 1 aromatic rings. The summed E-state index contributed by atoms with van der Waals surface area (Å²) >= 11 is 0. The highest BCUT2D eigenvalue weighted by Gasteiger charge is 2.35. The fourth-order valence-electron chi connectivity index (χ4n) is 1.76. The van der Waals surface area contributed by atoms with Gasteiger partial charge < -0.3 is 5.32 Å². The predicted molar refractivity (Wildman–Crippen MR) is 64.6 cm³/mol. The summed E-state index contributed by atoms with van der Waals surface area (Å²) in [6.07, 6.45) is 2.54. The van der Waals surface area contributed by atoms with Gasteiger partial charge in [-0.3, -0.25) is 9.89 Å². The quantitative estimate of drug-likeness (QED) is 0.703. The van der Waals surface area contributed by atoms with E-state index in [2.05, 4.69) is 15.5 Å². The number of hydrogen-bond acceptors (Lipinski definition) is 4. The Morgan fingerprint density at radius 3 is 2.72 bits per heavy atom. The zero-order valence-electron chi connectivity index (χ0n) is 10.1. The van der Waals surface area contributed by atoms with Crippen LogP contribution >= 0.6 is 0 Å². The Labute approximate surface area is 105 Å². The standard InChI is InChI=1S/C10H16N4O3S/c1-2-5-12-10(15)8-9(18(11,16)17)7(13-14-8)6-3-4-6/h6H,2-5H2,1H3,(H,12,15)(H,13,14)(H2,11,16,17). The Bertz CT molecular complexity index is 560. The van der Waals surface area contributed by atoms with E-state index >= 15 is 0 Å². The summed E-state index contributed by atoms with van der Waals surface area (Å²) < 4.78 is 23.2. The topological polar surface area (TPSA) is 118 Å². The van der Waals surface area contributed by atoms with Crippen LogP contribution in [0.3, 0.4) is 0 Å². The molecule has 1 aromatic heterocycles. The Balaban J connectivity index is 2.38. The Morgan fingerprint density at radius 1 is 1.56 bits per heavy atom. The van der Waals surface area contributed by atoms with Gasteiger partial charge in [0, 0.05) is 12.5 Å². The molecule has 0 saturated heterocycles. The molecule has 8 heteroatoms. The highest BCUT2D eigenvalue weighted by Crippen LogP contribution is 2.42. The molecule has 4 N–H and O–H groups in total. The minimum Gasteiger partial charge on any atom is -0.351 e. The van der Waals surface area contributed by atoms with E-state index in [4.69, 9.17) is 5.14 Å².